The lowest BCUT2D eigenvalue weighted by Gasteiger charge is -2.32. The summed E-state index contributed by atoms with van der Waals surface area (Å²) in [5, 5.41) is 7.97. The Morgan fingerprint density at radius 2 is 1.83 bits per heavy atom. The second-order valence-electron chi connectivity index (χ2n) is 14.4. The van der Waals surface area contributed by atoms with Crippen LogP contribution in [0.25, 0.3) is 10.9 Å². The van der Waals surface area contributed by atoms with Crippen LogP contribution >= 0.6 is 30.8 Å². The number of hydrogen-bond donors (Lipinski definition) is 2. The Labute approximate surface area is 314 Å². The SMILES string of the molecule is COc1cc2c(Nc3ncc(CC(=O)Nc4cccc(Cl)c4)s3)ncnc2cc1OCCCN1CCC[C@@H]1COP(=O)(OC(C)(C)C)OC(C)(C)C. The van der Waals surface area contributed by atoms with Gasteiger partial charge in [0, 0.05) is 45.8 Å². The number of nitrogens with zero attached hydrogens (tertiary/aromatic N) is 4. The minimum absolute atomic E-state index is 0.0956. The van der Waals surface area contributed by atoms with Crippen LogP contribution in [-0.4, -0.2) is 76.4 Å². The lowest BCUT2D eigenvalue weighted by Crippen LogP contribution is -2.35. The monoisotopic (exact) mass is 774 g/mol. The maximum absolute atomic E-state index is 13.5. The maximum Gasteiger partial charge on any atom is 0.475 e. The van der Waals surface area contributed by atoms with Gasteiger partial charge in [-0.2, -0.15) is 0 Å². The molecule has 1 amide bonds. The number of nitrogens with one attached hydrogen (secondary N) is 2. The van der Waals surface area contributed by atoms with Crippen LogP contribution in [0.4, 0.5) is 16.6 Å². The number of hydrogen-bond acceptors (Lipinski definition) is 13. The van der Waals surface area contributed by atoms with E-state index in [0.29, 0.717) is 45.3 Å². The Kier molecular flexibility index (Phi) is 13.2. The molecule has 0 bridgehead atoms. The van der Waals surface area contributed by atoms with E-state index in [9.17, 15) is 9.36 Å². The molecule has 16 heteroatoms. The van der Waals surface area contributed by atoms with E-state index in [0.717, 1.165) is 42.6 Å². The minimum Gasteiger partial charge on any atom is -0.493 e. The summed E-state index contributed by atoms with van der Waals surface area (Å²) >= 11 is 7.39. The van der Waals surface area contributed by atoms with Crippen molar-refractivity contribution in [1.29, 1.82) is 0 Å². The number of rotatable bonds is 16. The normalized spacial score (nSPS) is 15.6. The van der Waals surface area contributed by atoms with Gasteiger partial charge in [0.05, 0.1) is 43.5 Å². The molecule has 4 aromatic rings. The molecule has 0 radical (unpaired) electrons. The van der Waals surface area contributed by atoms with Crippen molar-refractivity contribution in [1.82, 2.24) is 19.9 Å². The lowest BCUT2D eigenvalue weighted by molar-refractivity contribution is -0.115. The highest BCUT2D eigenvalue weighted by Crippen LogP contribution is 2.55. The number of thiazole rings is 1. The Balaban J connectivity index is 1.15. The Bertz CT molecular complexity index is 1860. The van der Waals surface area contributed by atoms with Gasteiger partial charge in [0.15, 0.2) is 16.6 Å². The molecule has 282 valence electrons. The van der Waals surface area contributed by atoms with Gasteiger partial charge in [-0.3, -0.25) is 23.3 Å². The maximum atomic E-state index is 13.5. The molecule has 0 unspecified atom stereocenters. The van der Waals surface area contributed by atoms with Crippen LogP contribution in [0.5, 0.6) is 11.5 Å². The molecule has 13 nitrogen and oxygen atoms in total. The predicted octanol–water partition coefficient (Wildman–Crippen LogP) is 8.66. The fraction of sp³-hybridized carbons (Fsp3) is 0.500. The van der Waals surface area contributed by atoms with E-state index in [1.165, 1.54) is 17.7 Å². The molecule has 0 spiro atoms. The summed E-state index contributed by atoms with van der Waals surface area (Å²) in [6, 6.07) is 10.8. The number of methoxy groups -OCH3 is 1. The average molecular weight is 775 g/mol. The second kappa shape index (κ2) is 17.2. The summed E-state index contributed by atoms with van der Waals surface area (Å²) in [7, 11) is -2.19. The number of carbonyl (C=O) groups is 1. The molecule has 1 fully saturated rings. The smallest absolute Gasteiger partial charge is 0.475 e. The van der Waals surface area contributed by atoms with Gasteiger partial charge in [0.1, 0.15) is 12.1 Å². The molecule has 1 saturated heterocycles. The van der Waals surface area contributed by atoms with E-state index in [2.05, 4.69) is 30.5 Å². The molecular formula is C36H48ClN6O7PS. The number of likely N-dealkylation sites (tertiary alicyclic amines) is 1. The molecular weight excluding hydrogens is 727 g/mol. The first-order valence-corrected chi connectivity index (χ1v) is 19.9. The molecule has 52 heavy (non-hydrogen) atoms. The van der Waals surface area contributed by atoms with Crippen molar-refractivity contribution in [3.8, 4) is 11.5 Å². The highest BCUT2D eigenvalue weighted by atomic mass is 35.5. The van der Waals surface area contributed by atoms with E-state index in [1.807, 2.05) is 53.7 Å². The van der Waals surface area contributed by atoms with Crippen molar-refractivity contribution in [3.63, 3.8) is 0 Å². The van der Waals surface area contributed by atoms with Crippen LogP contribution in [0.15, 0.2) is 48.9 Å². The molecule has 2 aromatic carbocycles. The Morgan fingerprint density at radius 1 is 1.06 bits per heavy atom. The van der Waals surface area contributed by atoms with E-state index in [-0.39, 0.29) is 25.0 Å². The molecule has 2 aromatic heterocycles. The summed E-state index contributed by atoms with van der Waals surface area (Å²) < 4.78 is 42.9. The van der Waals surface area contributed by atoms with Crippen molar-refractivity contribution >= 4 is 64.2 Å². The van der Waals surface area contributed by atoms with Crippen LogP contribution < -0.4 is 20.1 Å². The van der Waals surface area contributed by atoms with E-state index in [4.69, 9.17) is 34.6 Å². The van der Waals surface area contributed by atoms with Crippen molar-refractivity contribution in [3.05, 3.63) is 58.8 Å². The summed E-state index contributed by atoms with van der Waals surface area (Å²) in [6.07, 6.45) is 6.02. The van der Waals surface area contributed by atoms with Gasteiger partial charge in [0.25, 0.3) is 0 Å². The third kappa shape index (κ3) is 11.8. The van der Waals surface area contributed by atoms with E-state index >= 15 is 0 Å². The molecule has 0 aliphatic carbocycles. The number of phosphoric ester groups is 1. The standard InChI is InChI=1S/C36H48ClN6O7PS/c1-35(2,3)49-51(45,50-36(4,5)6)48-22-26-13-9-14-43(26)15-10-16-47-31-20-29-28(19-30(31)46-7)33(40-23-39-29)42-34-38-21-27(52-34)18-32(44)41-25-12-8-11-24(37)17-25/h8,11-12,17,19-21,23,26H,9-10,13-16,18,22H2,1-7H3,(H,41,44)(H,38,39,40,42)/t26-/m1/s1. The molecule has 5 rings (SSSR count). The first-order chi connectivity index (χ1) is 24.6. The summed E-state index contributed by atoms with van der Waals surface area (Å²) in [5.74, 6) is 1.50. The quantitative estimate of drug-likeness (QED) is 0.0830. The fourth-order valence-corrected chi connectivity index (χ4v) is 8.50. The van der Waals surface area contributed by atoms with Gasteiger partial charge < -0.3 is 20.1 Å². The number of ether oxygens (including phenoxy) is 2. The number of phosphoric acid groups is 1. The minimum atomic E-state index is -3.78. The first-order valence-electron chi connectivity index (χ1n) is 17.2. The van der Waals surface area contributed by atoms with Crippen molar-refractivity contribution in [2.24, 2.45) is 0 Å². The number of carbonyl (C=O) groups excluding carboxylic acids is 1. The Morgan fingerprint density at radius 3 is 2.54 bits per heavy atom. The van der Waals surface area contributed by atoms with Gasteiger partial charge in [0.2, 0.25) is 5.91 Å². The predicted molar refractivity (Wildman–Crippen MR) is 205 cm³/mol. The van der Waals surface area contributed by atoms with E-state index < -0.39 is 19.0 Å². The molecule has 0 saturated carbocycles. The zero-order valence-corrected chi connectivity index (χ0v) is 33.2. The highest BCUT2D eigenvalue weighted by Gasteiger charge is 2.38. The van der Waals surface area contributed by atoms with Crippen molar-refractivity contribution in [2.45, 2.75) is 84.5 Å². The van der Waals surface area contributed by atoms with Crippen molar-refractivity contribution < 1.29 is 32.4 Å². The largest absolute Gasteiger partial charge is 0.493 e. The van der Waals surface area contributed by atoms with Gasteiger partial charge in [-0.25, -0.2) is 19.5 Å². The topological polar surface area (TPSA) is 146 Å². The lowest BCUT2D eigenvalue weighted by atomic mass is 10.2. The Hall–Kier alpha value is -3.36. The molecule has 2 N–H and O–H groups in total. The zero-order valence-electron chi connectivity index (χ0n) is 30.7. The molecule has 1 atom stereocenters. The summed E-state index contributed by atoms with van der Waals surface area (Å²) in [6.45, 7) is 13.4. The average Bonchev–Trinajstić information content (AvgIpc) is 3.69. The highest BCUT2D eigenvalue weighted by molar-refractivity contribution is 7.48. The van der Waals surface area contributed by atoms with E-state index in [1.54, 1.807) is 37.6 Å². The number of fused-ring (bicyclic) bond motifs is 1. The van der Waals surface area contributed by atoms with Crippen LogP contribution in [0.1, 0.15) is 65.7 Å². The second-order valence-corrected chi connectivity index (χ2v) is 17.5. The van der Waals surface area contributed by atoms with Crippen LogP contribution in [0.2, 0.25) is 5.02 Å². The number of amides is 1. The number of benzene rings is 2. The van der Waals surface area contributed by atoms with Gasteiger partial charge in [-0.15, -0.1) is 11.3 Å². The van der Waals surface area contributed by atoms with Crippen LogP contribution in [-0.2, 0) is 29.4 Å². The third-order valence-corrected chi connectivity index (χ3v) is 10.8. The fourth-order valence-electron chi connectivity index (χ4n) is 5.66. The zero-order chi connectivity index (χ0) is 37.5. The molecule has 1 aliphatic heterocycles. The molecule has 1 aliphatic rings. The number of anilines is 3. The summed E-state index contributed by atoms with van der Waals surface area (Å²) in [4.78, 5) is 29.0. The van der Waals surface area contributed by atoms with Gasteiger partial charge in [-0.05, 0) is 91.6 Å². The van der Waals surface area contributed by atoms with Gasteiger partial charge in [-0.1, -0.05) is 17.7 Å². The van der Waals surface area contributed by atoms with Crippen LogP contribution in [0, 0.1) is 0 Å². The summed E-state index contributed by atoms with van der Waals surface area (Å²) in [5.41, 5.74) is -0.0725. The van der Waals surface area contributed by atoms with Crippen molar-refractivity contribution in [2.75, 3.05) is 44.0 Å². The third-order valence-electron chi connectivity index (χ3n) is 7.69. The van der Waals surface area contributed by atoms with Gasteiger partial charge >= 0.3 is 7.82 Å². The van der Waals surface area contributed by atoms with Crippen LogP contribution in [0.3, 0.4) is 0 Å². The number of halogens is 1. The number of aromatic nitrogens is 3. The first kappa shape index (κ1) is 39.8. The molecule has 3 heterocycles.